The number of thiazole rings is 1. The molecule has 1 amide bonds. The molecule has 2 rings (SSSR count). The fourth-order valence-electron chi connectivity index (χ4n) is 2.29. The summed E-state index contributed by atoms with van der Waals surface area (Å²) in [6.45, 7) is 3.70. The second kappa shape index (κ2) is 7.43. The van der Waals surface area contributed by atoms with Crippen molar-refractivity contribution in [2.75, 3.05) is 0 Å². The number of amides is 1. The van der Waals surface area contributed by atoms with Crippen molar-refractivity contribution in [3.05, 3.63) is 16.1 Å². The van der Waals surface area contributed by atoms with Gasteiger partial charge in [-0.2, -0.15) is 0 Å². The summed E-state index contributed by atoms with van der Waals surface area (Å²) in [4.78, 5) is 16.4. The van der Waals surface area contributed by atoms with Crippen molar-refractivity contribution in [1.82, 2.24) is 10.3 Å². The molecule has 1 heterocycles. The van der Waals surface area contributed by atoms with Crippen LogP contribution in [0.4, 0.5) is 0 Å². The lowest BCUT2D eigenvalue weighted by molar-refractivity contribution is -0.124. The minimum atomic E-state index is -0.464. The van der Waals surface area contributed by atoms with Gasteiger partial charge in [-0.1, -0.05) is 12.8 Å². The molecule has 0 saturated heterocycles. The van der Waals surface area contributed by atoms with Crippen LogP contribution < -0.4 is 11.1 Å². The summed E-state index contributed by atoms with van der Waals surface area (Å²) in [6, 6.07) is -0.464. The van der Waals surface area contributed by atoms with Gasteiger partial charge >= 0.3 is 0 Å². The van der Waals surface area contributed by atoms with E-state index < -0.39 is 6.04 Å². The Labute approximate surface area is 130 Å². The zero-order valence-corrected chi connectivity index (χ0v) is 13.6. The molecule has 1 aromatic heterocycles. The van der Waals surface area contributed by atoms with Crippen LogP contribution in [0.15, 0.2) is 5.38 Å². The molecule has 19 heavy (non-hydrogen) atoms. The van der Waals surface area contributed by atoms with E-state index in [1.165, 1.54) is 0 Å². The highest BCUT2D eigenvalue weighted by atomic mass is 35.5. The summed E-state index contributed by atoms with van der Waals surface area (Å²) in [7, 11) is 0. The molecule has 0 radical (unpaired) electrons. The van der Waals surface area contributed by atoms with Gasteiger partial charge in [0.25, 0.3) is 0 Å². The van der Waals surface area contributed by atoms with Crippen molar-refractivity contribution in [3.63, 3.8) is 0 Å². The summed E-state index contributed by atoms with van der Waals surface area (Å²) < 4.78 is 0. The Morgan fingerprint density at radius 1 is 1.47 bits per heavy atom. The number of aromatic nitrogens is 1. The molecule has 1 aromatic rings. The van der Waals surface area contributed by atoms with Gasteiger partial charge in [0.2, 0.25) is 5.91 Å². The van der Waals surface area contributed by atoms with Gasteiger partial charge in [-0.25, -0.2) is 4.98 Å². The predicted molar refractivity (Wildman–Crippen MR) is 83.3 cm³/mol. The molecule has 1 aliphatic carbocycles. The van der Waals surface area contributed by atoms with E-state index in [9.17, 15) is 4.79 Å². The fourth-order valence-corrected chi connectivity index (χ4v) is 3.31. The summed E-state index contributed by atoms with van der Waals surface area (Å²) in [5.74, 6) is -0.0836. The number of hydrogen-bond acceptors (Lipinski definition) is 4. The zero-order chi connectivity index (χ0) is 12.5. The Kier molecular flexibility index (Phi) is 7.29. The van der Waals surface area contributed by atoms with E-state index in [0.29, 0.717) is 0 Å². The van der Waals surface area contributed by atoms with Gasteiger partial charge in [0, 0.05) is 11.1 Å². The number of hydrogen-bond donors (Lipinski definition) is 2. The first-order valence-electron chi connectivity index (χ1n) is 6.04. The van der Waals surface area contributed by atoms with Crippen LogP contribution >= 0.6 is 36.2 Å². The highest BCUT2D eigenvalue weighted by molar-refractivity contribution is 7.09. The van der Waals surface area contributed by atoms with Crippen LogP contribution in [-0.4, -0.2) is 16.9 Å². The van der Waals surface area contributed by atoms with Gasteiger partial charge in [-0.15, -0.1) is 36.2 Å². The molecule has 3 N–H and O–H groups in total. The van der Waals surface area contributed by atoms with E-state index in [1.807, 2.05) is 12.3 Å². The number of carbonyl (C=O) groups excluding carboxylic acids is 1. The van der Waals surface area contributed by atoms with Crippen LogP contribution in [0.2, 0.25) is 0 Å². The molecule has 1 unspecified atom stereocenters. The minimum absolute atomic E-state index is 0. The van der Waals surface area contributed by atoms with Gasteiger partial charge < -0.3 is 11.1 Å². The smallest absolute Gasteiger partial charge is 0.237 e. The van der Waals surface area contributed by atoms with Gasteiger partial charge in [0.15, 0.2) is 0 Å². The molecule has 1 atom stereocenters. The predicted octanol–water partition coefficient (Wildman–Crippen LogP) is 2.53. The van der Waals surface area contributed by atoms with Crippen molar-refractivity contribution in [2.45, 2.75) is 51.1 Å². The first-order chi connectivity index (χ1) is 8.03. The molecule has 1 aliphatic rings. The largest absolute Gasteiger partial charge is 0.343 e. The molecular weight excluding hydrogens is 305 g/mol. The summed E-state index contributed by atoms with van der Waals surface area (Å²) in [5, 5.41) is 6.17. The summed E-state index contributed by atoms with van der Waals surface area (Å²) in [5.41, 5.74) is 6.39. The monoisotopic (exact) mass is 325 g/mol. The van der Waals surface area contributed by atoms with Crippen LogP contribution in [0, 0.1) is 6.92 Å². The normalized spacial score (nSPS) is 18.1. The lowest BCUT2D eigenvalue weighted by Gasteiger charge is -2.29. The van der Waals surface area contributed by atoms with Crippen LogP contribution in [0.5, 0.6) is 0 Å². The topological polar surface area (TPSA) is 68.0 Å². The highest BCUT2D eigenvalue weighted by Gasteiger charge is 2.39. The SMILES string of the molecule is Cc1csc(C2(NC(=O)C(C)N)CCCC2)n1.Cl.Cl. The molecule has 1 saturated carbocycles. The van der Waals surface area contributed by atoms with Crippen molar-refractivity contribution in [1.29, 1.82) is 0 Å². The van der Waals surface area contributed by atoms with Crippen molar-refractivity contribution in [2.24, 2.45) is 5.73 Å². The minimum Gasteiger partial charge on any atom is -0.343 e. The van der Waals surface area contributed by atoms with E-state index in [2.05, 4.69) is 10.3 Å². The standard InChI is InChI=1S/C12H19N3OS.2ClH/c1-8-7-17-11(14-8)12(5-3-4-6-12)15-10(16)9(2)13;;/h7,9H,3-6,13H2,1-2H3,(H,15,16);2*1H. The Hall–Kier alpha value is -0.360. The molecular formula is C12H21Cl2N3OS. The van der Waals surface area contributed by atoms with E-state index in [-0.39, 0.29) is 36.3 Å². The van der Waals surface area contributed by atoms with Crippen molar-refractivity contribution >= 4 is 42.1 Å². The maximum Gasteiger partial charge on any atom is 0.237 e. The number of nitrogens with one attached hydrogen (secondary N) is 1. The second-order valence-electron chi connectivity index (χ2n) is 4.86. The third kappa shape index (κ3) is 4.05. The Bertz CT molecular complexity index is 417. The van der Waals surface area contributed by atoms with E-state index in [0.717, 1.165) is 36.4 Å². The van der Waals surface area contributed by atoms with Gasteiger partial charge in [-0.3, -0.25) is 4.79 Å². The van der Waals surface area contributed by atoms with Gasteiger partial charge in [0.05, 0.1) is 11.6 Å². The highest BCUT2D eigenvalue weighted by Crippen LogP contribution is 2.40. The van der Waals surface area contributed by atoms with Crippen molar-refractivity contribution in [3.8, 4) is 0 Å². The molecule has 7 heteroatoms. The van der Waals surface area contributed by atoms with Crippen LogP contribution in [0.25, 0.3) is 0 Å². The zero-order valence-electron chi connectivity index (χ0n) is 11.1. The summed E-state index contributed by atoms with van der Waals surface area (Å²) >= 11 is 1.63. The Morgan fingerprint density at radius 2 is 2.05 bits per heavy atom. The number of aryl methyl sites for hydroxylation is 1. The van der Waals surface area contributed by atoms with Gasteiger partial charge in [-0.05, 0) is 26.7 Å². The molecule has 110 valence electrons. The Morgan fingerprint density at radius 3 is 2.47 bits per heavy atom. The lowest BCUT2D eigenvalue weighted by atomic mass is 9.98. The molecule has 0 aromatic carbocycles. The summed E-state index contributed by atoms with van der Waals surface area (Å²) in [6.07, 6.45) is 4.21. The van der Waals surface area contributed by atoms with Crippen LogP contribution in [-0.2, 0) is 10.3 Å². The molecule has 4 nitrogen and oxygen atoms in total. The van der Waals surface area contributed by atoms with Crippen LogP contribution in [0.3, 0.4) is 0 Å². The maximum absolute atomic E-state index is 11.8. The average Bonchev–Trinajstić information content (AvgIpc) is 2.87. The quantitative estimate of drug-likeness (QED) is 0.897. The maximum atomic E-state index is 11.8. The number of rotatable bonds is 3. The second-order valence-corrected chi connectivity index (χ2v) is 5.72. The average molecular weight is 326 g/mol. The molecule has 0 aliphatic heterocycles. The number of halogens is 2. The number of carbonyl (C=O) groups is 1. The molecule has 0 bridgehead atoms. The van der Waals surface area contributed by atoms with E-state index in [4.69, 9.17) is 5.73 Å². The lowest BCUT2D eigenvalue weighted by Crippen LogP contribution is -2.49. The third-order valence-electron chi connectivity index (χ3n) is 3.26. The first kappa shape index (κ1) is 18.6. The van der Waals surface area contributed by atoms with Crippen LogP contribution in [0.1, 0.15) is 43.3 Å². The van der Waals surface area contributed by atoms with Crippen molar-refractivity contribution < 1.29 is 4.79 Å². The first-order valence-corrected chi connectivity index (χ1v) is 6.92. The molecule has 0 spiro atoms. The fraction of sp³-hybridized carbons (Fsp3) is 0.667. The van der Waals surface area contributed by atoms with E-state index in [1.54, 1.807) is 18.3 Å². The third-order valence-corrected chi connectivity index (χ3v) is 4.43. The van der Waals surface area contributed by atoms with Gasteiger partial charge in [0.1, 0.15) is 5.01 Å². The number of nitrogens with two attached hydrogens (primary N) is 1. The Balaban J connectivity index is 0.00000162. The number of nitrogens with zero attached hydrogens (tertiary/aromatic N) is 1. The van der Waals surface area contributed by atoms with E-state index >= 15 is 0 Å². The molecule has 1 fully saturated rings.